The first-order chi connectivity index (χ1) is 11.7. The van der Waals surface area contributed by atoms with Crippen molar-refractivity contribution in [1.29, 1.82) is 0 Å². The molecule has 2 rings (SSSR count). The predicted octanol–water partition coefficient (Wildman–Crippen LogP) is 1.06. The van der Waals surface area contributed by atoms with Crippen LogP contribution in [0, 0.1) is 6.92 Å². The molecule has 0 aliphatic carbocycles. The Hall–Kier alpha value is -2.36. The highest BCUT2D eigenvalue weighted by Crippen LogP contribution is 2.14. The molecular weight excluding hydrogens is 368 g/mol. The zero-order valence-electron chi connectivity index (χ0n) is 13.5. The molecule has 0 saturated carbocycles. The van der Waals surface area contributed by atoms with Gasteiger partial charge in [-0.1, -0.05) is 29.3 Å². The average molecular weight is 385 g/mol. The van der Waals surface area contributed by atoms with Crippen LogP contribution in [0.4, 0.5) is 0 Å². The molecule has 2 aromatic rings. The van der Waals surface area contributed by atoms with Crippen LogP contribution in [0.1, 0.15) is 16.1 Å². The maximum absolute atomic E-state index is 12.4. The van der Waals surface area contributed by atoms with Gasteiger partial charge in [0.05, 0.1) is 16.5 Å². The number of sulfonamides is 1. The monoisotopic (exact) mass is 384 g/mol. The lowest BCUT2D eigenvalue weighted by Gasteiger charge is -2.17. The number of rotatable bonds is 5. The van der Waals surface area contributed by atoms with E-state index in [0.29, 0.717) is 5.02 Å². The lowest BCUT2D eigenvalue weighted by Crippen LogP contribution is -2.46. The third-order valence-electron chi connectivity index (χ3n) is 3.30. The van der Waals surface area contributed by atoms with E-state index in [0.717, 1.165) is 9.87 Å². The van der Waals surface area contributed by atoms with Gasteiger partial charge in [-0.15, -0.1) is 0 Å². The maximum Gasteiger partial charge on any atom is 0.286 e. The number of amides is 2. The van der Waals surface area contributed by atoms with Gasteiger partial charge in [0.25, 0.3) is 11.8 Å². The topological polar surface area (TPSA) is 111 Å². The molecule has 1 heterocycles. The fraction of sp³-hybridized carbons (Fsp3) is 0.200. The minimum absolute atomic E-state index is 0.0819. The molecule has 0 aliphatic heterocycles. The quantitative estimate of drug-likeness (QED) is 0.669. The Morgan fingerprint density at radius 2 is 1.84 bits per heavy atom. The summed E-state index contributed by atoms with van der Waals surface area (Å²) in [6, 6.07) is 7.66. The van der Waals surface area contributed by atoms with Gasteiger partial charge in [-0.2, -0.15) is 4.31 Å². The van der Waals surface area contributed by atoms with E-state index >= 15 is 0 Å². The number of benzene rings is 1. The van der Waals surface area contributed by atoms with Crippen molar-refractivity contribution in [2.24, 2.45) is 0 Å². The van der Waals surface area contributed by atoms with Gasteiger partial charge in [0.1, 0.15) is 5.69 Å². The number of halogens is 1. The zero-order valence-corrected chi connectivity index (χ0v) is 15.1. The van der Waals surface area contributed by atoms with Crippen LogP contribution < -0.4 is 10.9 Å². The number of nitrogens with one attached hydrogen (secondary N) is 3. The van der Waals surface area contributed by atoms with Crippen molar-refractivity contribution in [2.45, 2.75) is 11.8 Å². The van der Waals surface area contributed by atoms with Crippen molar-refractivity contribution >= 4 is 33.4 Å². The third kappa shape index (κ3) is 4.81. The largest absolute Gasteiger partial charge is 0.356 e. The molecule has 0 fully saturated rings. The summed E-state index contributed by atoms with van der Waals surface area (Å²) in [5.41, 5.74) is 5.39. The van der Waals surface area contributed by atoms with Gasteiger partial charge in [-0.25, -0.2) is 8.42 Å². The summed E-state index contributed by atoms with van der Waals surface area (Å²) in [5, 5.41) is 0.348. The summed E-state index contributed by atoms with van der Waals surface area (Å²) >= 11 is 5.68. The highest BCUT2D eigenvalue weighted by Gasteiger charge is 2.23. The number of H-pyrrole nitrogens is 1. The van der Waals surface area contributed by atoms with Gasteiger partial charge in [-0.3, -0.25) is 20.4 Å². The van der Waals surface area contributed by atoms with E-state index in [-0.39, 0.29) is 10.6 Å². The molecule has 0 spiro atoms. The van der Waals surface area contributed by atoms with Crippen molar-refractivity contribution in [3.8, 4) is 0 Å². The molecule has 3 N–H and O–H groups in total. The van der Waals surface area contributed by atoms with Crippen LogP contribution in [0.2, 0.25) is 5.02 Å². The van der Waals surface area contributed by atoms with E-state index in [1.165, 1.54) is 31.4 Å². The molecule has 25 heavy (non-hydrogen) atoms. The Labute approximate surface area is 150 Å². The first kappa shape index (κ1) is 19.0. The second-order valence-corrected chi connectivity index (χ2v) is 7.79. The van der Waals surface area contributed by atoms with Gasteiger partial charge in [0, 0.05) is 13.2 Å². The number of likely N-dealkylation sites (N-methyl/N-ethyl adjacent to an activating group) is 1. The Balaban J connectivity index is 1.93. The number of aryl methyl sites for hydroxylation is 1. The van der Waals surface area contributed by atoms with Crippen LogP contribution in [0.5, 0.6) is 0 Å². The molecule has 0 unspecified atom stereocenters. The van der Waals surface area contributed by atoms with Crippen LogP contribution >= 0.6 is 11.6 Å². The van der Waals surface area contributed by atoms with Gasteiger partial charge in [-0.05, 0) is 25.1 Å². The predicted molar refractivity (Wildman–Crippen MR) is 92.4 cm³/mol. The van der Waals surface area contributed by atoms with Crippen molar-refractivity contribution < 1.29 is 18.0 Å². The fourth-order valence-corrected chi connectivity index (χ4v) is 3.20. The van der Waals surface area contributed by atoms with Crippen molar-refractivity contribution in [2.75, 3.05) is 13.6 Å². The number of hydrogen-bond donors (Lipinski definition) is 3. The summed E-state index contributed by atoms with van der Waals surface area (Å²) in [4.78, 5) is 26.3. The number of aromatic amines is 1. The Kier molecular flexibility index (Phi) is 5.83. The maximum atomic E-state index is 12.4. The van der Waals surface area contributed by atoms with E-state index in [9.17, 15) is 18.0 Å². The summed E-state index contributed by atoms with van der Waals surface area (Å²) in [6.45, 7) is 1.38. The van der Waals surface area contributed by atoms with Gasteiger partial charge >= 0.3 is 0 Å². The van der Waals surface area contributed by atoms with Crippen LogP contribution in [0.3, 0.4) is 0 Å². The molecular formula is C15H17ClN4O4S. The SMILES string of the molecule is Cc1ccc(S(=O)(=O)N(C)CC(=O)NNC(=O)c2cc(Cl)c[nH]2)cc1. The number of hydrogen-bond acceptors (Lipinski definition) is 4. The van der Waals surface area contributed by atoms with E-state index in [2.05, 4.69) is 15.8 Å². The molecule has 1 aromatic carbocycles. The van der Waals surface area contributed by atoms with Gasteiger partial charge in [0.2, 0.25) is 10.0 Å². The second-order valence-electron chi connectivity index (χ2n) is 5.31. The lowest BCUT2D eigenvalue weighted by molar-refractivity contribution is -0.121. The molecule has 0 aliphatic rings. The summed E-state index contributed by atoms with van der Waals surface area (Å²) in [7, 11) is -2.52. The average Bonchev–Trinajstić information content (AvgIpc) is 2.99. The van der Waals surface area contributed by atoms with Crippen molar-refractivity contribution in [3.63, 3.8) is 0 Å². The van der Waals surface area contributed by atoms with Crippen LogP contribution in [0.25, 0.3) is 0 Å². The highest BCUT2D eigenvalue weighted by molar-refractivity contribution is 7.89. The molecule has 8 nitrogen and oxygen atoms in total. The van der Waals surface area contributed by atoms with E-state index in [1.807, 2.05) is 6.92 Å². The number of nitrogens with zero attached hydrogens (tertiary/aromatic N) is 1. The standard InChI is InChI=1S/C15H17ClN4O4S/c1-10-3-5-12(6-4-10)25(23,24)20(2)9-14(21)18-19-15(22)13-7-11(16)8-17-13/h3-8,17H,9H2,1-2H3,(H,18,21)(H,19,22). The Morgan fingerprint density at radius 1 is 1.20 bits per heavy atom. The molecule has 0 atom stereocenters. The third-order valence-corrected chi connectivity index (χ3v) is 5.34. The molecule has 1 aromatic heterocycles. The summed E-state index contributed by atoms with van der Waals surface area (Å²) < 4.78 is 25.7. The molecule has 2 amide bonds. The van der Waals surface area contributed by atoms with E-state index in [4.69, 9.17) is 11.6 Å². The number of hydrazine groups is 1. The van der Waals surface area contributed by atoms with Gasteiger partial charge in [0.15, 0.2) is 0 Å². The van der Waals surface area contributed by atoms with Crippen molar-refractivity contribution in [1.82, 2.24) is 20.1 Å². The smallest absolute Gasteiger partial charge is 0.286 e. The summed E-state index contributed by atoms with van der Waals surface area (Å²) in [6.07, 6.45) is 1.42. The van der Waals surface area contributed by atoms with Crippen LogP contribution in [0.15, 0.2) is 41.4 Å². The highest BCUT2D eigenvalue weighted by atomic mass is 35.5. The second kappa shape index (κ2) is 7.68. The minimum atomic E-state index is -3.80. The number of carbonyl (C=O) groups excluding carboxylic acids is 2. The lowest BCUT2D eigenvalue weighted by atomic mass is 10.2. The molecule has 0 radical (unpaired) electrons. The first-order valence-corrected chi connectivity index (χ1v) is 8.98. The molecule has 10 heteroatoms. The molecule has 0 bridgehead atoms. The number of aromatic nitrogens is 1. The summed E-state index contributed by atoms with van der Waals surface area (Å²) in [5.74, 6) is -1.30. The van der Waals surface area contributed by atoms with Crippen LogP contribution in [-0.4, -0.2) is 43.1 Å². The van der Waals surface area contributed by atoms with Crippen molar-refractivity contribution in [3.05, 3.63) is 52.8 Å². The molecule has 134 valence electrons. The van der Waals surface area contributed by atoms with Crippen LogP contribution in [-0.2, 0) is 14.8 Å². The molecule has 0 saturated heterocycles. The van der Waals surface area contributed by atoms with Gasteiger partial charge < -0.3 is 4.98 Å². The Morgan fingerprint density at radius 3 is 2.40 bits per heavy atom. The zero-order chi connectivity index (χ0) is 18.6. The number of carbonyl (C=O) groups is 2. The van der Waals surface area contributed by atoms with E-state index < -0.39 is 28.4 Å². The fourth-order valence-electron chi connectivity index (χ4n) is 1.91. The van der Waals surface area contributed by atoms with E-state index in [1.54, 1.807) is 12.1 Å². The first-order valence-electron chi connectivity index (χ1n) is 7.16. The minimum Gasteiger partial charge on any atom is -0.356 e. The normalized spacial score (nSPS) is 11.4. The Bertz CT molecular complexity index is 877.